The Hall–Kier alpha value is -3.22. The highest BCUT2D eigenvalue weighted by molar-refractivity contribution is 6.41. The van der Waals surface area contributed by atoms with Gasteiger partial charge in [0.2, 0.25) is 0 Å². The molecule has 0 aliphatic heterocycles. The summed E-state index contributed by atoms with van der Waals surface area (Å²) in [5.41, 5.74) is 1.00. The molecule has 0 aliphatic carbocycles. The van der Waals surface area contributed by atoms with E-state index in [4.69, 9.17) is 0 Å². The van der Waals surface area contributed by atoms with Crippen LogP contribution in [0.2, 0.25) is 0 Å². The fourth-order valence-electron chi connectivity index (χ4n) is 2.74. The molecule has 2 heterocycles. The Bertz CT molecular complexity index is 1140. The van der Waals surface area contributed by atoms with Gasteiger partial charge in [-0.3, -0.25) is 9.59 Å². The van der Waals surface area contributed by atoms with E-state index >= 15 is 0 Å². The normalized spacial score (nSPS) is 10.7. The third kappa shape index (κ3) is 3.97. The van der Waals surface area contributed by atoms with E-state index in [0.29, 0.717) is 0 Å². The summed E-state index contributed by atoms with van der Waals surface area (Å²) in [5.74, 6) is -2.04. The molecular weight excluding hydrogens is 349 g/mol. The first-order valence-electron chi connectivity index (χ1n) is 8.34. The van der Waals surface area contributed by atoms with Crippen molar-refractivity contribution < 1.29 is 8.78 Å². The molecule has 0 aliphatic rings. The van der Waals surface area contributed by atoms with Gasteiger partial charge in [-0.15, -0.1) is 6.58 Å². The number of hydrogen-bond acceptors (Lipinski definition) is 2. The number of benzene rings is 1. The lowest BCUT2D eigenvalue weighted by Gasteiger charge is -2.12. The molecule has 4 nitrogen and oxygen atoms in total. The van der Waals surface area contributed by atoms with Gasteiger partial charge in [-0.05, 0) is 17.7 Å². The molecule has 0 atom stereocenters. The zero-order chi connectivity index (χ0) is 19.6. The second-order valence-electron chi connectivity index (χ2n) is 6.34. The predicted octanol–water partition coefficient (Wildman–Crippen LogP) is 1.99. The van der Waals surface area contributed by atoms with Crippen LogP contribution in [0.15, 0.2) is 71.0 Å². The minimum Gasteiger partial charge on any atom is -0.311 e. The second-order valence-corrected chi connectivity index (χ2v) is 6.34. The van der Waals surface area contributed by atoms with Gasteiger partial charge in [0, 0.05) is 35.7 Å². The Balaban J connectivity index is 1.93. The second kappa shape index (κ2) is 7.57. The smallest absolute Gasteiger partial charge is 0.250 e. The number of rotatable bonds is 5. The van der Waals surface area contributed by atoms with Gasteiger partial charge in [0.25, 0.3) is 11.1 Å². The number of nitrogens with zero attached hydrogens (tertiary/aromatic N) is 2. The van der Waals surface area contributed by atoms with Gasteiger partial charge in [0.05, 0.1) is 13.1 Å². The predicted molar refractivity (Wildman–Crippen MR) is 104 cm³/mol. The van der Waals surface area contributed by atoms with Gasteiger partial charge in [0.1, 0.15) is 7.85 Å². The van der Waals surface area contributed by atoms with E-state index in [2.05, 4.69) is 6.58 Å². The molecule has 0 amide bonds. The largest absolute Gasteiger partial charge is 0.311 e. The van der Waals surface area contributed by atoms with Crippen LogP contribution in [0.25, 0.3) is 5.47 Å². The molecule has 7 heteroatoms. The highest BCUT2D eigenvalue weighted by Crippen LogP contribution is 2.18. The molecule has 0 spiro atoms. The molecule has 136 valence electrons. The van der Waals surface area contributed by atoms with Crippen LogP contribution >= 0.6 is 0 Å². The summed E-state index contributed by atoms with van der Waals surface area (Å²) in [4.78, 5) is 23.8. The van der Waals surface area contributed by atoms with E-state index < -0.39 is 11.6 Å². The topological polar surface area (TPSA) is 44.0 Å². The first-order chi connectivity index (χ1) is 12.9. The fraction of sp³-hybridized carbons (Fsp3) is 0.100. The zero-order valence-electron chi connectivity index (χ0n) is 14.8. The van der Waals surface area contributed by atoms with Gasteiger partial charge in [0.15, 0.2) is 11.6 Å². The average molecular weight is 366 g/mol. The van der Waals surface area contributed by atoms with Crippen LogP contribution in [-0.2, 0) is 13.1 Å². The summed E-state index contributed by atoms with van der Waals surface area (Å²) in [6.07, 6.45) is 3.08. The quantitative estimate of drug-likeness (QED) is 0.649. The maximum atomic E-state index is 14.5. The van der Waals surface area contributed by atoms with Crippen molar-refractivity contribution in [2.45, 2.75) is 13.1 Å². The van der Waals surface area contributed by atoms with Gasteiger partial charge in [-0.25, -0.2) is 8.78 Å². The fourth-order valence-corrected chi connectivity index (χ4v) is 2.74. The standard InChI is InChI=1S/C20H17BF2N2O2/c1-13(21)14-7-8-18(27)25(10-14)12-16-6-5-15(19(22)20(16)23)11-24-9-3-2-4-17(24)26/h2-10H,1,11-12,21H2. The van der Waals surface area contributed by atoms with E-state index in [1.54, 1.807) is 32.2 Å². The Morgan fingerprint density at radius 2 is 1.48 bits per heavy atom. The van der Waals surface area contributed by atoms with Gasteiger partial charge in [-0.1, -0.05) is 23.7 Å². The van der Waals surface area contributed by atoms with Gasteiger partial charge in [-0.2, -0.15) is 0 Å². The van der Waals surface area contributed by atoms with Crippen LogP contribution in [0.3, 0.4) is 0 Å². The maximum absolute atomic E-state index is 14.5. The molecule has 0 bridgehead atoms. The molecule has 27 heavy (non-hydrogen) atoms. The lowest BCUT2D eigenvalue weighted by molar-refractivity contribution is 0.482. The summed E-state index contributed by atoms with van der Waals surface area (Å²) in [5, 5.41) is 0. The van der Waals surface area contributed by atoms with Crippen molar-refractivity contribution in [2.24, 2.45) is 0 Å². The lowest BCUT2D eigenvalue weighted by Crippen LogP contribution is -2.21. The van der Waals surface area contributed by atoms with Crippen molar-refractivity contribution >= 4 is 13.3 Å². The van der Waals surface area contributed by atoms with E-state index in [0.717, 1.165) is 11.0 Å². The first-order valence-corrected chi connectivity index (χ1v) is 8.34. The summed E-state index contributed by atoms with van der Waals surface area (Å²) >= 11 is 0. The van der Waals surface area contributed by atoms with Crippen LogP contribution in [0.1, 0.15) is 16.7 Å². The van der Waals surface area contributed by atoms with E-state index in [1.807, 2.05) is 0 Å². The molecule has 0 unspecified atom stereocenters. The number of aromatic nitrogens is 2. The highest BCUT2D eigenvalue weighted by Gasteiger charge is 2.15. The third-order valence-electron chi connectivity index (χ3n) is 4.30. The van der Waals surface area contributed by atoms with Crippen molar-refractivity contribution in [3.05, 3.63) is 110 Å². The Morgan fingerprint density at radius 1 is 0.889 bits per heavy atom. The lowest BCUT2D eigenvalue weighted by atomic mass is 9.91. The van der Waals surface area contributed by atoms with Gasteiger partial charge >= 0.3 is 0 Å². The van der Waals surface area contributed by atoms with Crippen LogP contribution in [0.5, 0.6) is 0 Å². The number of hydrogen-bond donors (Lipinski definition) is 0. The maximum Gasteiger partial charge on any atom is 0.250 e. The van der Waals surface area contributed by atoms with Crippen LogP contribution < -0.4 is 11.1 Å². The Kier molecular flexibility index (Phi) is 5.21. The molecular formula is C20H17BF2N2O2. The van der Waals surface area contributed by atoms with Crippen molar-refractivity contribution in [1.29, 1.82) is 0 Å². The molecule has 1 aromatic carbocycles. The van der Waals surface area contributed by atoms with E-state index in [1.165, 1.54) is 39.6 Å². The van der Waals surface area contributed by atoms with Crippen molar-refractivity contribution in [1.82, 2.24) is 9.13 Å². The van der Waals surface area contributed by atoms with Crippen LogP contribution in [0, 0.1) is 11.6 Å². The highest BCUT2D eigenvalue weighted by atomic mass is 19.2. The van der Waals surface area contributed by atoms with E-state index in [9.17, 15) is 18.4 Å². The molecule has 2 aromatic heterocycles. The van der Waals surface area contributed by atoms with E-state index in [-0.39, 0.29) is 35.3 Å². The summed E-state index contributed by atoms with van der Waals surface area (Å²) in [6, 6.07) is 10.4. The van der Waals surface area contributed by atoms with Crippen molar-refractivity contribution in [3.63, 3.8) is 0 Å². The van der Waals surface area contributed by atoms with Crippen LogP contribution in [-0.4, -0.2) is 17.0 Å². The molecule has 3 rings (SSSR count). The van der Waals surface area contributed by atoms with Crippen molar-refractivity contribution in [3.8, 4) is 0 Å². The first kappa shape index (κ1) is 18.6. The SMILES string of the molecule is BC(=C)c1ccc(=O)n(Cc2ccc(Cn3ccccc3=O)c(F)c2F)c1. The average Bonchev–Trinajstić information content (AvgIpc) is 2.64. The summed E-state index contributed by atoms with van der Waals surface area (Å²) in [6.45, 7) is 3.64. The van der Waals surface area contributed by atoms with Crippen LogP contribution in [0.4, 0.5) is 8.78 Å². The molecule has 0 fully saturated rings. The monoisotopic (exact) mass is 366 g/mol. The molecule has 0 radical (unpaired) electrons. The molecule has 0 saturated carbocycles. The molecule has 3 aromatic rings. The van der Waals surface area contributed by atoms with Gasteiger partial charge < -0.3 is 9.13 Å². The van der Waals surface area contributed by atoms with Crippen molar-refractivity contribution in [2.75, 3.05) is 0 Å². The summed E-state index contributed by atoms with van der Waals surface area (Å²) in [7, 11) is 1.80. The Morgan fingerprint density at radius 3 is 2.07 bits per heavy atom. The minimum absolute atomic E-state index is 0.0534. The summed E-state index contributed by atoms with van der Waals surface area (Å²) < 4.78 is 31.6. The third-order valence-corrected chi connectivity index (χ3v) is 4.30. The number of pyridine rings is 2. The molecule has 0 saturated heterocycles. The minimum atomic E-state index is -1.02. The number of halogens is 2. The Labute approximate surface area is 155 Å². The zero-order valence-corrected chi connectivity index (χ0v) is 14.8. The molecule has 0 N–H and O–H groups in total.